The Labute approximate surface area is 165 Å². The molecule has 1 saturated carbocycles. The van der Waals surface area contributed by atoms with Crippen LogP contribution in [0.3, 0.4) is 0 Å². The maximum Gasteiger partial charge on any atom is 0.219 e. The number of benzene rings is 1. The van der Waals surface area contributed by atoms with Crippen LogP contribution in [0.5, 0.6) is 0 Å². The molecule has 3 aromatic rings. The van der Waals surface area contributed by atoms with E-state index in [4.69, 9.17) is 5.73 Å². The van der Waals surface area contributed by atoms with Gasteiger partial charge in [-0.25, -0.2) is 19.3 Å². The molecule has 1 atom stereocenters. The average molecular weight is 396 g/mol. The maximum absolute atomic E-state index is 14.8. The highest BCUT2D eigenvalue weighted by molar-refractivity contribution is 7.85. The zero-order chi connectivity index (χ0) is 19.5. The molecule has 0 bridgehead atoms. The SMILES string of the molecule is Nc1ncc(-c2ccc(-c3cccnc3S(=O)C3CCCCC3)cc2F)cn1. The lowest BCUT2D eigenvalue weighted by molar-refractivity contribution is 0.504. The predicted molar refractivity (Wildman–Crippen MR) is 108 cm³/mol. The van der Waals surface area contributed by atoms with Gasteiger partial charge in [-0.15, -0.1) is 0 Å². The van der Waals surface area contributed by atoms with Crippen LogP contribution in [0, 0.1) is 5.82 Å². The van der Waals surface area contributed by atoms with E-state index in [0.29, 0.717) is 27.3 Å². The zero-order valence-corrected chi connectivity index (χ0v) is 16.2. The third-order valence-corrected chi connectivity index (χ3v) is 6.86. The molecule has 1 aliphatic rings. The number of pyridine rings is 1. The van der Waals surface area contributed by atoms with Crippen LogP contribution >= 0.6 is 0 Å². The van der Waals surface area contributed by atoms with Crippen LogP contribution in [0.25, 0.3) is 22.3 Å². The van der Waals surface area contributed by atoms with E-state index in [1.165, 1.54) is 24.9 Å². The third kappa shape index (κ3) is 3.80. The monoisotopic (exact) mass is 396 g/mol. The zero-order valence-electron chi connectivity index (χ0n) is 15.3. The van der Waals surface area contributed by atoms with Crippen molar-refractivity contribution in [2.45, 2.75) is 42.4 Å². The molecule has 2 heterocycles. The minimum absolute atomic E-state index is 0.124. The first-order valence-corrected chi connectivity index (χ1v) is 10.6. The fourth-order valence-corrected chi connectivity index (χ4v) is 5.25. The van der Waals surface area contributed by atoms with Crippen LogP contribution in [0.15, 0.2) is 53.9 Å². The normalized spacial score (nSPS) is 16.0. The highest BCUT2D eigenvalue weighted by Gasteiger charge is 2.24. The van der Waals surface area contributed by atoms with E-state index in [1.54, 1.807) is 18.3 Å². The van der Waals surface area contributed by atoms with Crippen molar-refractivity contribution < 1.29 is 8.60 Å². The van der Waals surface area contributed by atoms with Crippen molar-refractivity contribution in [3.63, 3.8) is 0 Å². The summed E-state index contributed by atoms with van der Waals surface area (Å²) < 4.78 is 28.0. The molecule has 0 aliphatic heterocycles. The van der Waals surface area contributed by atoms with E-state index in [2.05, 4.69) is 15.0 Å². The fourth-order valence-electron chi connectivity index (χ4n) is 3.60. The van der Waals surface area contributed by atoms with Gasteiger partial charge in [0.15, 0.2) is 0 Å². The van der Waals surface area contributed by atoms with Crippen molar-refractivity contribution in [2.24, 2.45) is 0 Å². The molecule has 1 aromatic carbocycles. The molecule has 0 radical (unpaired) electrons. The van der Waals surface area contributed by atoms with Gasteiger partial charge in [0.2, 0.25) is 5.95 Å². The van der Waals surface area contributed by atoms with Gasteiger partial charge in [0.1, 0.15) is 10.8 Å². The van der Waals surface area contributed by atoms with Crippen LogP contribution < -0.4 is 5.73 Å². The number of nitrogens with zero attached hydrogens (tertiary/aromatic N) is 3. The van der Waals surface area contributed by atoms with Gasteiger partial charge in [-0.1, -0.05) is 37.5 Å². The summed E-state index contributed by atoms with van der Waals surface area (Å²) in [6.45, 7) is 0. The summed E-state index contributed by atoms with van der Waals surface area (Å²) in [7, 11) is -1.20. The summed E-state index contributed by atoms with van der Waals surface area (Å²) in [6, 6.07) is 8.58. The summed E-state index contributed by atoms with van der Waals surface area (Å²) in [5, 5.41) is 0.663. The Morgan fingerprint density at radius 1 is 0.964 bits per heavy atom. The first-order valence-electron chi connectivity index (χ1n) is 9.37. The standard InChI is InChI=1S/C21H21FN4OS/c22-19-11-14(8-9-17(19)15-12-25-21(23)26-13-15)18-7-4-10-24-20(18)28(27)16-5-2-1-3-6-16/h4,7-13,16H,1-3,5-6H2,(H2,23,25,26). The van der Waals surface area contributed by atoms with E-state index in [0.717, 1.165) is 25.7 Å². The van der Waals surface area contributed by atoms with Crippen LogP contribution in [0.2, 0.25) is 0 Å². The van der Waals surface area contributed by atoms with Gasteiger partial charge in [-0.05, 0) is 30.5 Å². The Balaban J connectivity index is 1.69. The second-order valence-electron chi connectivity index (χ2n) is 6.94. The van der Waals surface area contributed by atoms with Crippen LogP contribution in [-0.2, 0) is 10.8 Å². The first-order chi connectivity index (χ1) is 13.6. The van der Waals surface area contributed by atoms with E-state index >= 15 is 0 Å². The quantitative estimate of drug-likeness (QED) is 0.708. The van der Waals surface area contributed by atoms with Gasteiger partial charge < -0.3 is 5.73 Å². The fraction of sp³-hybridized carbons (Fsp3) is 0.286. The van der Waals surface area contributed by atoms with Crippen LogP contribution in [-0.4, -0.2) is 24.4 Å². The molecular weight excluding hydrogens is 375 g/mol. The minimum Gasteiger partial charge on any atom is -0.368 e. The summed E-state index contributed by atoms with van der Waals surface area (Å²) in [4.78, 5) is 12.2. The molecular formula is C21H21FN4OS. The van der Waals surface area contributed by atoms with Crippen molar-refractivity contribution in [1.82, 2.24) is 15.0 Å². The van der Waals surface area contributed by atoms with Gasteiger partial charge in [0, 0.05) is 40.5 Å². The van der Waals surface area contributed by atoms with Gasteiger partial charge in [0.25, 0.3) is 0 Å². The van der Waals surface area contributed by atoms with E-state index in [1.807, 2.05) is 12.1 Å². The highest BCUT2D eigenvalue weighted by Crippen LogP contribution is 2.33. The molecule has 4 rings (SSSR count). The average Bonchev–Trinajstić information content (AvgIpc) is 2.74. The Hall–Kier alpha value is -2.67. The van der Waals surface area contributed by atoms with E-state index in [9.17, 15) is 8.60 Å². The Morgan fingerprint density at radius 3 is 2.43 bits per heavy atom. The van der Waals surface area contributed by atoms with Crippen molar-refractivity contribution >= 4 is 16.7 Å². The predicted octanol–water partition coefficient (Wildman–Crippen LogP) is 4.37. The summed E-state index contributed by atoms with van der Waals surface area (Å²) in [5.74, 6) is -0.255. The molecule has 2 aromatic heterocycles. The molecule has 28 heavy (non-hydrogen) atoms. The number of anilines is 1. The molecule has 7 heteroatoms. The number of hydrogen-bond acceptors (Lipinski definition) is 5. The van der Waals surface area contributed by atoms with Crippen molar-refractivity contribution in [1.29, 1.82) is 0 Å². The van der Waals surface area contributed by atoms with Crippen molar-refractivity contribution in [2.75, 3.05) is 5.73 Å². The third-order valence-electron chi connectivity index (χ3n) is 5.08. The largest absolute Gasteiger partial charge is 0.368 e. The lowest BCUT2D eigenvalue weighted by Crippen LogP contribution is -2.20. The number of nitrogens with two attached hydrogens (primary N) is 1. The summed E-state index contributed by atoms with van der Waals surface area (Å²) in [5.41, 5.74) is 7.81. The Morgan fingerprint density at radius 2 is 1.71 bits per heavy atom. The molecule has 5 nitrogen and oxygen atoms in total. The lowest BCUT2D eigenvalue weighted by Gasteiger charge is -2.21. The van der Waals surface area contributed by atoms with E-state index in [-0.39, 0.29) is 11.2 Å². The number of nitrogen functional groups attached to an aromatic ring is 1. The molecule has 1 unspecified atom stereocenters. The smallest absolute Gasteiger partial charge is 0.219 e. The molecule has 2 N–H and O–H groups in total. The number of hydrogen-bond donors (Lipinski definition) is 1. The number of rotatable bonds is 4. The molecule has 1 aliphatic carbocycles. The second kappa shape index (κ2) is 8.14. The Kier molecular flexibility index (Phi) is 5.43. The topological polar surface area (TPSA) is 81.8 Å². The Bertz CT molecular complexity index is 1000. The minimum atomic E-state index is -1.20. The number of aromatic nitrogens is 3. The van der Waals surface area contributed by atoms with Crippen molar-refractivity contribution in [3.8, 4) is 22.3 Å². The summed E-state index contributed by atoms with van der Waals surface area (Å²) in [6.07, 6.45) is 9.94. The first kappa shape index (κ1) is 18.7. The second-order valence-corrected chi connectivity index (χ2v) is 8.59. The van der Waals surface area contributed by atoms with Gasteiger partial charge in [-0.3, -0.25) is 4.21 Å². The number of halogens is 1. The molecule has 1 fully saturated rings. The van der Waals surface area contributed by atoms with Crippen LogP contribution in [0.1, 0.15) is 32.1 Å². The van der Waals surface area contributed by atoms with Gasteiger partial charge in [0.05, 0.1) is 10.8 Å². The van der Waals surface area contributed by atoms with Crippen LogP contribution in [0.4, 0.5) is 10.3 Å². The van der Waals surface area contributed by atoms with Gasteiger partial charge in [-0.2, -0.15) is 0 Å². The maximum atomic E-state index is 14.8. The van der Waals surface area contributed by atoms with Crippen molar-refractivity contribution in [3.05, 3.63) is 54.7 Å². The molecule has 0 amide bonds. The molecule has 0 spiro atoms. The highest BCUT2D eigenvalue weighted by atomic mass is 32.2. The molecule has 0 saturated heterocycles. The molecule has 144 valence electrons. The van der Waals surface area contributed by atoms with E-state index < -0.39 is 16.6 Å². The lowest BCUT2D eigenvalue weighted by atomic mass is 10.0. The summed E-state index contributed by atoms with van der Waals surface area (Å²) >= 11 is 0. The van der Waals surface area contributed by atoms with Gasteiger partial charge >= 0.3 is 0 Å².